The second-order valence-corrected chi connectivity index (χ2v) is 5.91. The molecular weight excluding hydrogens is 274 g/mol. The van der Waals surface area contributed by atoms with Crippen LogP contribution in [0.5, 0.6) is 0 Å². The molecule has 0 radical (unpaired) electrons. The fraction of sp³-hybridized carbons (Fsp3) is 0.471. The minimum Gasteiger partial charge on any atom is -0.355 e. The van der Waals surface area contributed by atoms with Gasteiger partial charge in [0.15, 0.2) is 5.82 Å². The highest BCUT2D eigenvalue weighted by Gasteiger charge is 2.13. The van der Waals surface area contributed by atoms with Gasteiger partial charge in [-0.25, -0.2) is 0 Å². The molecule has 2 heterocycles. The lowest BCUT2D eigenvalue weighted by molar-refractivity contribution is 0.726. The normalized spacial score (nSPS) is 15.5. The molecule has 0 unspecified atom stereocenters. The molecule has 2 aromatic rings. The van der Waals surface area contributed by atoms with Gasteiger partial charge < -0.3 is 10.2 Å². The zero-order valence-corrected chi connectivity index (χ0v) is 13.3. The zero-order chi connectivity index (χ0) is 15.4. The predicted octanol–water partition coefficient (Wildman–Crippen LogP) is 3.61. The van der Waals surface area contributed by atoms with Crippen LogP contribution in [0.1, 0.15) is 36.8 Å². The van der Waals surface area contributed by atoms with Crippen molar-refractivity contribution in [1.82, 2.24) is 15.2 Å². The summed E-state index contributed by atoms with van der Waals surface area (Å²) in [5.74, 6) is 1.49. The minimum absolute atomic E-state index is 0.565. The van der Waals surface area contributed by atoms with Crippen molar-refractivity contribution >= 4 is 17.5 Å². The molecule has 3 rings (SSSR count). The molecule has 1 aliphatic rings. The Morgan fingerprint density at radius 2 is 1.82 bits per heavy atom. The molecule has 0 spiro atoms. The van der Waals surface area contributed by atoms with Crippen LogP contribution in [0.4, 0.5) is 17.5 Å². The summed E-state index contributed by atoms with van der Waals surface area (Å²) in [6.45, 7) is 6.32. The molecule has 1 saturated heterocycles. The molecule has 1 aromatic carbocycles. The molecule has 0 bridgehead atoms. The number of hydrogen-bond acceptors (Lipinski definition) is 5. The summed E-state index contributed by atoms with van der Waals surface area (Å²) >= 11 is 0. The summed E-state index contributed by atoms with van der Waals surface area (Å²) in [5, 5.41) is 11.5. The Bertz CT molecular complexity index is 633. The van der Waals surface area contributed by atoms with Crippen molar-refractivity contribution in [2.24, 2.45) is 0 Å². The molecule has 1 aliphatic heterocycles. The highest BCUT2D eigenvalue weighted by molar-refractivity contribution is 5.60. The van der Waals surface area contributed by atoms with Gasteiger partial charge in [-0.05, 0) is 43.9 Å². The Labute approximate surface area is 131 Å². The monoisotopic (exact) mass is 297 g/mol. The number of hydrogen-bond donors (Lipinski definition) is 1. The molecule has 1 fully saturated rings. The Morgan fingerprint density at radius 1 is 1.05 bits per heavy atom. The van der Waals surface area contributed by atoms with Gasteiger partial charge in [-0.1, -0.05) is 25.0 Å². The third-order valence-corrected chi connectivity index (χ3v) is 4.33. The lowest BCUT2D eigenvalue weighted by atomic mass is 10.1. The fourth-order valence-corrected chi connectivity index (χ4v) is 2.81. The first-order valence-electron chi connectivity index (χ1n) is 8.02. The summed E-state index contributed by atoms with van der Waals surface area (Å²) in [5.41, 5.74) is 3.50. The maximum absolute atomic E-state index is 4.65. The fourth-order valence-electron chi connectivity index (χ4n) is 2.81. The second kappa shape index (κ2) is 6.73. The van der Waals surface area contributed by atoms with Crippen molar-refractivity contribution in [3.05, 3.63) is 35.5 Å². The summed E-state index contributed by atoms with van der Waals surface area (Å²) in [6.07, 6.45) is 6.83. The van der Waals surface area contributed by atoms with Crippen molar-refractivity contribution < 1.29 is 0 Å². The van der Waals surface area contributed by atoms with Crippen LogP contribution in [-0.2, 0) is 0 Å². The smallest absolute Gasteiger partial charge is 0.249 e. The minimum atomic E-state index is 0.565. The molecule has 1 aromatic heterocycles. The van der Waals surface area contributed by atoms with E-state index in [1.54, 1.807) is 6.20 Å². The molecule has 0 aliphatic carbocycles. The van der Waals surface area contributed by atoms with Gasteiger partial charge in [-0.2, -0.15) is 10.1 Å². The quantitative estimate of drug-likeness (QED) is 0.938. The summed E-state index contributed by atoms with van der Waals surface area (Å²) in [6, 6.07) is 6.19. The molecule has 22 heavy (non-hydrogen) atoms. The van der Waals surface area contributed by atoms with Gasteiger partial charge in [0, 0.05) is 18.8 Å². The second-order valence-electron chi connectivity index (χ2n) is 5.91. The van der Waals surface area contributed by atoms with E-state index < -0.39 is 0 Å². The third kappa shape index (κ3) is 3.35. The molecule has 5 nitrogen and oxygen atoms in total. The average Bonchev–Trinajstić information content (AvgIpc) is 2.81. The largest absolute Gasteiger partial charge is 0.355 e. The van der Waals surface area contributed by atoms with Crippen LogP contribution < -0.4 is 10.2 Å². The Kier molecular flexibility index (Phi) is 4.51. The van der Waals surface area contributed by atoms with Crippen molar-refractivity contribution in [3.63, 3.8) is 0 Å². The van der Waals surface area contributed by atoms with Gasteiger partial charge in [0.25, 0.3) is 0 Å². The van der Waals surface area contributed by atoms with Crippen LogP contribution in [0, 0.1) is 13.8 Å². The van der Waals surface area contributed by atoms with E-state index in [9.17, 15) is 0 Å². The van der Waals surface area contributed by atoms with E-state index in [2.05, 4.69) is 45.3 Å². The van der Waals surface area contributed by atoms with Crippen molar-refractivity contribution in [2.45, 2.75) is 39.5 Å². The van der Waals surface area contributed by atoms with Gasteiger partial charge in [-0.15, -0.1) is 5.10 Å². The number of benzene rings is 1. The van der Waals surface area contributed by atoms with Gasteiger partial charge in [0.05, 0.1) is 6.20 Å². The van der Waals surface area contributed by atoms with E-state index in [0.29, 0.717) is 5.95 Å². The molecule has 5 heteroatoms. The van der Waals surface area contributed by atoms with Crippen molar-refractivity contribution in [1.29, 1.82) is 0 Å². The predicted molar refractivity (Wildman–Crippen MR) is 89.7 cm³/mol. The van der Waals surface area contributed by atoms with Crippen LogP contribution in [0.25, 0.3) is 0 Å². The zero-order valence-electron chi connectivity index (χ0n) is 13.3. The van der Waals surface area contributed by atoms with E-state index in [0.717, 1.165) is 24.6 Å². The van der Waals surface area contributed by atoms with E-state index in [1.165, 1.54) is 36.8 Å². The number of nitrogens with one attached hydrogen (secondary N) is 1. The van der Waals surface area contributed by atoms with Crippen molar-refractivity contribution in [2.75, 3.05) is 23.3 Å². The number of anilines is 3. The van der Waals surface area contributed by atoms with Crippen LogP contribution in [-0.4, -0.2) is 28.3 Å². The Morgan fingerprint density at radius 3 is 2.59 bits per heavy atom. The standard InChI is InChI=1S/C17H23N5/c1-13-8-7-9-15(14(13)2)19-17-20-16(12-18-21-17)22-10-5-3-4-6-11-22/h7-9,12H,3-6,10-11H2,1-2H3,(H,19,20,21). The molecule has 0 amide bonds. The highest BCUT2D eigenvalue weighted by Crippen LogP contribution is 2.22. The number of nitrogens with zero attached hydrogens (tertiary/aromatic N) is 4. The molecule has 1 N–H and O–H groups in total. The first kappa shape index (κ1) is 14.8. The average molecular weight is 297 g/mol. The lowest BCUT2D eigenvalue weighted by Crippen LogP contribution is -2.25. The van der Waals surface area contributed by atoms with E-state index in [4.69, 9.17) is 0 Å². The van der Waals surface area contributed by atoms with Gasteiger partial charge in [0.1, 0.15) is 0 Å². The Hall–Kier alpha value is -2.17. The van der Waals surface area contributed by atoms with E-state index in [1.807, 2.05) is 12.1 Å². The molecule has 116 valence electrons. The van der Waals surface area contributed by atoms with Gasteiger partial charge in [-0.3, -0.25) is 0 Å². The van der Waals surface area contributed by atoms with Crippen LogP contribution >= 0.6 is 0 Å². The SMILES string of the molecule is Cc1cccc(Nc2nncc(N3CCCCCC3)n2)c1C. The van der Waals surface area contributed by atoms with E-state index in [-0.39, 0.29) is 0 Å². The maximum atomic E-state index is 4.65. The first-order chi connectivity index (χ1) is 10.7. The van der Waals surface area contributed by atoms with Crippen molar-refractivity contribution in [3.8, 4) is 0 Å². The lowest BCUT2D eigenvalue weighted by Gasteiger charge is -2.21. The third-order valence-electron chi connectivity index (χ3n) is 4.33. The van der Waals surface area contributed by atoms with Crippen LogP contribution in [0.3, 0.4) is 0 Å². The summed E-state index contributed by atoms with van der Waals surface area (Å²) in [4.78, 5) is 6.96. The number of rotatable bonds is 3. The maximum Gasteiger partial charge on any atom is 0.249 e. The Balaban J connectivity index is 1.80. The first-order valence-corrected chi connectivity index (χ1v) is 8.02. The number of aromatic nitrogens is 3. The topological polar surface area (TPSA) is 53.9 Å². The molecule has 0 saturated carbocycles. The number of aryl methyl sites for hydroxylation is 1. The van der Waals surface area contributed by atoms with Crippen LogP contribution in [0.2, 0.25) is 0 Å². The highest BCUT2D eigenvalue weighted by atomic mass is 15.3. The molecule has 0 atom stereocenters. The van der Waals surface area contributed by atoms with Crippen LogP contribution in [0.15, 0.2) is 24.4 Å². The summed E-state index contributed by atoms with van der Waals surface area (Å²) < 4.78 is 0. The molecular formula is C17H23N5. The van der Waals surface area contributed by atoms with Gasteiger partial charge in [0.2, 0.25) is 5.95 Å². The van der Waals surface area contributed by atoms with Gasteiger partial charge >= 0.3 is 0 Å². The van der Waals surface area contributed by atoms with E-state index >= 15 is 0 Å². The summed E-state index contributed by atoms with van der Waals surface area (Å²) in [7, 11) is 0.